The van der Waals surface area contributed by atoms with Gasteiger partial charge in [-0.3, -0.25) is 9.79 Å². The van der Waals surface area contributed by atoms with Gasteiger partial charge in [0.25, 0.3) is 0 Å². The van der Waals surface area contributed by atoms with Crippen LogP contribution in [0.5, 0.6) is 0 Å². The Bertz CT molecular complexity index is 238. The zero-order chi connectivity index (χ0) is 11.4. The van der Waals surface area contributed by atoms with E-state index < -0.39 is 0 Å². The molecule has 0 aliphatic carbocycles. The summed E-state index contributed by atoms with van der Waals surface area (Å²) in [6, 6.07) is 0.542. The van der Waals surface area contributed by atoms with E-state index in [0.29, 0.717) is 0 Å². The highest BCUT2D eigenvalue weighted by atomic mass is 16.2. The molecule has 0 spiro atoms. The first kappa shape index (κ1) is 12.2. The summed E-state index contributed by atoms with van der Waals surface area (Å²) in [5.41, 5.74) is 0. The number of hydrogen-bond donors (Lipinski definition) is 0. The zero-order valence-electron chi connectivity index (χ0n) is 10.2. The normalized spacial score (nSPS) is 21.1. The molecule has 0 saturated heterocycles. The number of carbonyl (C=O) groups excluding carboxylic acids is 1. The number of carbonyl (C=O) groups is 1. The number of aliphatic imine (C=N–C) groups is 1. The molecule has 0 fully saturated rings. The van der Waals surface area contributed by atoms with Crippen molar-refractivity contribution < 1.29 is 4.79 Å². The fourth-order valence-corrected chi connectivity index (χ4v) is 2.16. The van der Waals surface area contributed by atoms with Crippen LogP contribution in [0.2, 0.25) is 0 Å². The molecule has 1 atom stereocenters. The smallest absolute Gasteiger partial charge is 0.231 e. The largest absolute Gasteiger partial charge is 0.337 e. The van der Waals surface area contributed by atoms with Crippen LogP contribution in [0.4, 0.5) is 0 Å². The molecule has 0 N–H and O–H groups in total. The topological polar surface area (TPSA) is 32.7 Å². The lowest BCUT2D eigenvalue weighted by Gasteiger charge is -2.33. The van der Waals surface area contributed by atoms with Gasteiger partial charge in [0.05, 0.1) is 5.92 Å². The first-order valence-corrected chi connectivity index (χ1v) is 5.86. The van der Waals surface area contributed by atoms with Crippen LogP contribution >= 0.6 is 0 Å². The predicted molar refractivity (Wildman–Crippen MR) is 63.2 cm³/mol. The van der Waals surface area contributed by atoms with Crippen LogP contribution in [0.25, 0.3) is 0 Å². The molecule has 1 aliphatic rings. The number of nitrogens with zero attached hydrogens (tertiary/aromatic N) is 2. The number of hydrogen-bond acceptors (Lipinski definition) is 2. The van der Waals surface area contributed by atoms with Crippen LogP contribution in [0.3, 0.4) is 0 Å². The summed E-state index contributed by atoms with van der Waals surface area (Å²) in [5.74, 6) is 0.256. The lowest BCUT2D eigenvalue weighted by Crippen LogP contribution is -2.46. The van der Waals surface area contributed by atoms with Crippen LogP contribution < -0.4 is 0 Å². The van der Waals surface area contributed by atoms with E-state index in [-0.39, 0.29) is 23.9 Å². The monoisotopic (exact) mass is 210 g/mol. The molecule has 1 rings (SSSR count). The van der Waals surface area contributed by atoms with Crippen molar-refractivity contribution in [3.63, 3.8) is 0 Å². The third-order valence-electron chi connectivity index (χ3n) is 2.77. The van der Waals surface area contributed by atoms with E-state index in [9.17, 15) is 4.79 Å². The molecule has 0 aromatic heterocycles. The summed E-state index contributed by atoms with van der Waals surface area (Å²) in [4.78, 5) is 18.4. The van der Waals surface area contributed by atoms with Gasteiger partial charge >= 0.3 is 0 Å². The van der Waals surface area contributed by atoms with Gasteiger partial charge in [0.1, 0.15) is 0 Å². The van der Waals surface area contributed by atoms with Gasteiger partial charge in [-0.1, -0.05) is 0 Å². The summed E-state index contributed by atoms with van der Waals surface area (Å²) in [6.07, 6.45) is 3.83. The third kappa shape index (κ3) is 3.05. The number of rotatable bonds is 3. The maximum absolute atomic E-state index is 12.2. The van der Waals surface area contributed by atoms with Crippen molar-refractivity contribution in [1.29, 1.82) is 0 Å². The van der Waals surface area contributed by atoms with Crippen molar-refractivity contribution in [3.8, 4) is 0 Å². The highest BCUT2D eigenvalue weighted by Gasteiger charge is 2.27. The van der Waals surface area contributed by atoms with E-state index in [0.717, 1.165) is 19.4 Å². The minimum Gasteiger partial charge on any atom is -0.337 e. The van der Waals surface area contributed by atoms with Gasteiger partial charge in [-0.25, -0.2) is 0 Å². The van der Waals surface area contributed by atoms with E-state index in [4.69, 9.17) is 0 Å². The minimum absolute atomic E-state index is 0.0172. The summed E-state index contributed by atoms with van der Waals surface area (Å²) in [6.45, 7) is 9.15. The summed E-state index contributed by atoms with van der Waals surface area (Å²) in [7, 11) is 0. The molecule has 86 valence electrons. The first-order valence-electron chi connectivity index (χ1n) is 5.86. The standard InChI is InChI=1S/C12H22N2O/c1-9(2)14(10(3)4)12(15)11-6-5-7-13-8-11/h8-11H,5-7H2,1-4H3. The lowest BCUT2D eigenvalue weighted by atomic mass is 9.99. The van der Waals surface area contributed by atoms with Crippen molar-refractivity contribution in [1.82, 2.24) is 4.90 Å². The van der Waals surface area contributed by atoms with Crippen LogP contribution in [0.15, 0.2) is 4.99 Å². The molecular weight excluding hydrogens is 188 g/mol. The molecule has 1 heterocycles. The van der Waals surface area contributed by atoms with Gasteiger partial charge in [-0.2, -0.15) is 0 Å². The van der Waals surface area contributed by atoms with Gasteiger partial charge in [0, 0.05) is 24.8 Å². The van der Waals surface area contributed by atoms with Crippen LogP contribution in [-0.4, -0.2) is 35.7 Å². The highest BCUT2D eigenvalue weighted by molar-refractivity contribution is 5.94. The summed E-state index contributed by atoms with van der Waals surface area (Å²) >= 11 is 0. The summed E-state index contributed by atoms with van der Waals surface area (Å²) in [5, 5.41) is 0. The van der Waals surface area contributed by atoms with E-state index in [1.165, 1.54) is 0 Å². The van der Waals surface area contributed by atoms with Gasteiger partial charge < -0.3 is 4.90 Å². The SMILES string of the molecule is CC(C)N(C(=O)C1C=NCCC1)C(C)C. The van der Waals surface area contributed by atoms with E-state index >= 15 is 0 Å². The van der Waals surface area contributed by atoms with Gasteiger partial charge in [0.15, 0.2) is 0 Å². The van der Waals surface area contributed by atoms with Crippen LogP contribution in [0.1, 0.15) is 40.5 Å². The molecule has 0 aromatic rings. The minimum atomic E-state index is 0.0172. The maximum Gasteiger partial charge on any atom is 0.231 e. The fourth-order valence-electron chi connectivity index (χ4n) is 2.16. The molecule has 0 aromatic carbocycles. The Morgan fingerprint density at radius 3 is 2.33 bits per heavy atom. The summed E-state index contributed by atoms with van der Waals surface area (Å²) < 4.78 is 0. The van der Waals surface area contributed by atoms with Crippen molar-refractivity contribution in [2.75, 3.05) is 6.54 Å². The quantitative estimate of drug-likeness (QED) is 0.702. The molecular formula is C12H22N2O. The Balaban J connectivity index is 2.71. The van der Waals surface area contributed by atoms with Crippen LogP contribution in [-0.2, 0) is 4.79 Å². The van der Waals surface area contributed by atoms with Crippen molar-refractivity contribution in [2.24, 2.45) is 10.9 Å². The van der Waals surface area contributed by atoms with Crippen molar-refractivity contribution in [2.45, 2.75) is 52.6 Å². The highest BCUT2D eigenvalue weighted by Crippen LogP contribution is 2.16. The molecule has 3 nitrogen and oxygen atoms in total. The molecule has 1 unspecified atom stereocenters. The van der Waals surface area contributed by atoms with Gasteiger partial charge in [-0.05, 0) is 40.5 Å². The second-order valence-electron chi connectivity index (χ2n) is 4.74. The van der Waals surface area contributed by atoms with Gasteiger partial charge in [0.2, 0.25) is 5.91 Å². The first-order chi connectivity index (χ1) is 7.04. The second kappa shape index (κ2) is 5.29. The Kier molecular flexibility index (Phi) is 4.30. The number of amides is 1. The predicted octanol–water partition coefficient (Wildman–Crippen LogP) is 2.11. The van der Waals surface area contributed by atoms with Crippen molar-refractivity contribution >= 4 is 12.1 Å². The molecule has 1 aliphatic heterocycles. The van der Waals surface area contributed by atoms with E-state index in [2.05, 4.69) is 32.7 Å². The second-order valence-corrected chi connectivity index (χ2v) is 4.74. The fraction of sp³-hybridized carbons (Fsp3) is 0.833. The Morgan fingerprint density at radius 1 is 1.33 bits per heavy atom. The molecule has 1 amide bonds. The van der Waals surface area contributed by atoms with Crippen molar-refractivity contribution in [3.05, 3.63) is 0 Å². The lowest BCUT2D eigenvalue weighted by molar-refractivity contribution is -0.137. The van der Waals surface area contributed by atoms with Gasteiger partial charge in [-0.15, -0.1) is 0 Å². The molecule has 3 heteroatoms. The van der Waals surface area contributed by atoms with E-state index in [1.807, 2.05) is 11.1 Å². The zero-order valence-corrected chi connectivity index (χ0v) is 10.2. The van der Waals surface area contributed by atoms with E-state index in [1.54, 1.807) is 0 Å². The molecule has 15 heavy (non-hydrogen) atoms. The molecule has 0 radical (unpaired) electrons. The Hall–Kier alpha value is -0.860. The average Bonchev–Trinajstić information content (AvgIpc) is 2.18. The Morgan fingerprint density at radius 2 is 1.93 bits per heavy atom. The third-order valence-corrected chi connectivity index (χ3v) is 2.77. The molecule has 0 saturated carbocycles. The average molecular weight is 210 g/mol. The Labute approximate surface area is 92.6 Å². The maximum atomic E-state index is 12.2. The van der Waals surface area contributed by atoms with Crippen LogP contribution in [0, 0.1) is 5.92 Å². The molecule has 0 bridgehead atoms.